The van der Waals surface area contributed by atoms with E-state index in [0.29, 0.717) is 31.4 Å². The van der Waals surface area contributed by atoms with Crippen molar-refractivity contribution in [3.63, 3.8) is 0 Å². The first-order valence-corrected chi connectivity index (χ1v) is 7.42. The summed E-state index contributed by atoms with van der Waals surface area (Å²) in [4.78, 5) is 12.0. The van der Waals surface area contributed by atoms with Crippen molar-refractivity contribution in [1.82, 2.24) is 15.1 Å². The maximum atomic E-state index is 14.4. The van der Waals surface area contributed by atoms with Crippen LogP contribution < -0.4 is 10.6 Å². The minimum Gasteiger partial charge on any atom is -0.324 e. The van der Waals surface area contributed by atoms with E-state index in [2.05, 4.69) is 15.7 Å². The lowest BCUT2D eigenvalue weighted by molar-refractivity contribution is -0.116. The zero-order valence-corrected chi connectivity index (χ0v) is 15.0. The van der Waals surface area contributed by atoms with Crippen LogP contribution in [-0.4, -0.2) is 22.2 Å². The van der Waals surface area contributed by atoms with Crippen LogP contribution in [0.1, 0.15) is 23.1 Å². The van der Waals surface area contributed by atoms with Gasteiger partial charge in [-0.05, 0) is 42.1 Å². The van der Waals surface area contributed by atoms with Crippen molar-refractivity contribution in [2.45, 2.75) is 25.8 Å². The largest absolute Gasteiger partial charge is 0.324 e. The number of rotatable bonds is 4. The van der Waals surface area contributed by atoms with E-state index in [-0.39, 0.29) is 42.2 Å². The first-order valence-electron chi connectivity index (χ1n) is 7.42. The predicted molar refractivity (Wildman–Crippen MR) is 96.5 cm³/mol. The molecule has 0 bridgehead atoms. The van der Waals surface area contributed by atoms with E-state index in [1.165, 1.54) is 0 Å². The van der Waals surface area contributed by atoms with Crippen LogP contribution in [0.5, 0.6) is 0 Å². The molecule has 2 heterocycles. The molecule has 8 heteroatoms. The molecular weight excluding hydrogens is 354 g/mol. The topological polar surface area (TPSA) is 59.0 Å². The Labute approximate surface area is 152 Å². The molecule has 1 aromatic carbocycles. The number of benzene rings is 1. The van der Waals surface area contributed by atoms with Crippen molar-refractivity contribution in [3.05, 3.63) is 47.0 Å². The molecule has 1 aliphatic rings. The SMILES string of the molecule is Cl.Cl.Cn1cc(CCC(=O)Nc2ccc3c(c2F)CCNC3)cn1. The van der Waals surface area contributed by atoms with Gasteiger partial charge in [-0.3, -0.25) is 9.48 Å². The molecule has 2 aromatic rings. The second-order valence-corrected chi connectivity index (χ2v) is 5.56. The minimum absolute atomic E-state index is 0. The number of nitrogens with one attached hydrogen (secondary N) is 2. The van der Waals surface area contributed by atoms with E-state index in [0.717, 1.165) is 17.7 Å². The van der Waals surface area contributed by atoms with Crippen molar-refractivity contribution in [2.24, 2.45) is 7.05 Å². The number of fused-ring (bicyclic) bond motifs is 1. The Kier molecular flexibility index (Phi) is 7.66. The Balaban J connectivity index is 0.00000144. The summed E-state index contributed by atoms with van der Waals surface area (Å²) in [5, 5.41) is 9.94. The molecule has 3 rings (SSSR count). The van der Waals surface area contributed by atoms with Gasteiger partial charge >= 0.3 is 0 Å². The van der Waals surface area contributed by atoms with Crippen molar-refractivity contribution in [2.75, 3.05) is 11.9 Å². The molecule has 0 atom stereocenters. The highest BCUT2D eigenvalue weighted by Crippen LogP contribution is 2.24. The van der Waals surface area contributed by atoms with Crippen molar-refractivity contribution >= 4 is 36.4 Å². The molecule has 5 nitrogen and oxygen atoms in total. The molecule has 1 amide bonds. The molecule has 24 heavy (non-hydrogen) atoms. The first-order chi connectivity index (χ1) is 10.6. The highest BCUT2D eigenvalue weighted by molar-refractivity contribution is 5.91. The molecular formula is C16H21Cl2FN4O. The average molecular weight is 375 g/mol. The summed E-state index contributed by atoms with van der Waals surface area (Å²) in [7, 11) is 1.83. The fraction of sp³-hybridized carbons (Fsp3) is 0.375. The molecule has 0 spiro atoms. The van der Waals surface area contributed by atoms with Gasteiger partial charge in [-0.25, -0.2) is 4.39 Å². The average Bonchev–Trinajstić information content (AvgIpc) is 2.94. The standard InChI is InChI=1S/C16H19FN4O.2ClH/c1-21-10-11(8-19-21)2-5-15(22)20-14-4-3-12-9-18-7-6-13(12)16(14)17;;/h3-4,8,10,18H,2,5-7,9H2,1H3,(H,20,22);2*1H. The second kappa shape index (κ2) is 9.01. The Morgan fingerprint density at radius 3 is 2.92 bits per heavy atom. The second-order valence-electron chi connectivity index (χ2n) is 5.56. The maximum Gasteiger partial charge on any atom is 0.224 e. The van der Waals surface area contributed by atoms with Crippen molar-refractivity contribution in [3.8, 4) is 0 Å². The predicted octanol–water partition coefficient (Wildman–Crippen LogP) is 2.62. The lowest BCUT2D eigenvalue weighted by atomic mass is 9.99. The molecule has 1 aliphatic heterocycles. The van der Waals surface area contributed by atoms with Gasteiger partial charge in [-0.1, -0.05) is 6.07 Å². The van der Waals surface area contributed by atoms with E-state index in [9.17, 15) is 9.18 Å². The Bertz CT molecular complexity index is 705. The van der Waals surface area contributed by atoms with Crippen molar-refractivity contribution in [1.29, 1.82) is 0 Å². The van der Waals surface area contributed by atoms with Gasteiger partial charge in [-0.2, -0.15) is 5.10 Å². The number of amides is 1. The lowest BCUT2D eigenvalue weighted by Gasteiger charge is -2.19. The molecule has 0 unspecified atom stereocenters. The highest BCUT2D eigenvalue weighted by atomic mass is 35.5. The fourth-order valence-corrected chi connectivity index (χ4v) is 2.70. The number of aryl methyl sites for hydroxylation is 2. The Morgan fingerprint density at radius 1 is 1.42 bits per heavy atom. The summed E-state index contributed by atoms with van der Waals surface area (Å²) < 4.78 is 16.1. The number of anilines is 1. The number of halogens is 3. The number of aromatic nitrogens is 2. The van der Waals surface area contributed by atoms with Gasteiger partial charge in [-0.15, -0.1) is 24.8 Å². The molecule has 0 aliphatic carbocycles. The van der Waals surface area contributed by atoms with Crippen LogP contribution in [0.25, 0.3) is 0 Å². The van der Waals surface area contributed by atoms with Crippen LogP contribution in [0, 0.1) is 5.82 Å². The molecule has 2 N–H and O–H groups in total. The molecule has 1 aromatic heterocycles. The van der Waals surface area contributed by atoms with Gasteiger partial charge in [0.1, 0.15) is 5.82 Å². The third-order valence-electron chi connectivity index (χ3n) is 3.88. The van der Waals surface area contributed by atoms with Crippen LogP contribution in [0.4, 0.5) is 10.1 Å². The number of carbonyl (C=O) groups excluding carboxylic acids is 1. The van der Waals surface area contributed by atoms with Crippen LogP contribution in [0.15, 0.2) is 24.5 Å². The van der Waals surface area contributed by atoms with Crippen LogP contribution >= 0.6 is 24.8 Å². The molecule has 0 fully saturated rings. The number of hydrogen-bond acceptors (Lipinski definition) is 3. The first kappa shape index (κ1) is 20.4. The lowest BCUT2D eigenvalue weighted by Crippen LogP contribution is -2.25. The zero-order valence-electron chi connectivity index (χ0n) is 13.3. The van der Waals surface area contributed by atoms with E-state index in [4.69, 9.17) is 0 Å². The van der Waals surface area contributed by atoms with Crippen LogP contribution in [0.3, 0.4) is 0 Å². The van der Waals surface area contributed by atoms with Crippen LogP contribution in [0.2, 0.25) is 0 Å². The molecule has 0 saturated heterocycles. The summed E-state index contributed by atoms with van der Waals surface area (Å²) >= 11 is 0. The number of carbonyl (C=O) groups is 1. The fourth-order valence-electron chi connectivity index (χ4n) is 2.70. The van der Waals surface area contributed by atoms with Gasteiger partial charge in [0.15, 0.2) is 0 Å². The summed E-state index contributed by atoms with van der Waals surface area (Å²) in [6.07, 6.45) is 5.17. The Morgan fingerprint density at radius 2 is 2.21 bits per heavy atom. The van der Waals surface area contributed by atoms with E-state index < -0.39 is 0 Å². The van der Waals surface area contributed by atoms with E-state index >= 15 is 0 Å². The third-order valence-corrected chi connectivity index (χ3v) is 3.88. The maximum absolute atomic E-state index is 14.4. The van der Waals surface area contributed by atoms with E-state index in [1.54, 1.807) is 16.9 Å². The number of nitrogens with zero attached hydrogens (tertiary/aromatic N) is 2. The van der Waals surface area contributed by atoms with E-state index in [1.807, 2.05) is 19.3 Å². The Hall–Kier alpha value is -1.63. The highest BCUT2D eigenvalue weighted by Gasteiger charge is 2.17. The van der Waals surface area contributed by atoms with Gasteiger partial charge in [0, 0.05) is 26.2 Å². The summed E-state index contributed by atoms with van der Waals surface area (Å²) in [5.74, 6) is -0.481. The molecule has 0 saturated carbocycles. The van der Waals surface area contributed by atoms with Gasteiger partial charge < -0.3 is 10.6 Å². The summed E-state index contributed by atoms with van der Waals surface area (Å²) in [6, 6.07) is 3.52. The minimum atomic E-state index is -0.297. The monoisotopic (exact) mass is 374 g/mol. The van der Waals surface area contributed by atoms with Gasteiger partial charge in [0.2, 0.25) is 5.91 Å². The van der Waals surface area contributed by atoms with Crippen molar-refractivity contribution < 1.29 is 9.18 Å². The van der Waals surface area contributed by atoms with Gasteiger partial charge in [0.05, 0.1) is 11.9 Å². The summed E-state index contributed by atoms with van der Waals surface area (Å²) in [5.41, 5.74) is 2.95. The van der Waals surface area contributed by atoms with Crippen LogP contribution in [-0.2, 0) is 31.2 Å². The molecule has 132 valence electrons. The normalized spacial score (nSPS) is 12.6. The summed E-state index contributed by atoms with van der Waals surface area (Å²) in [6.45, 7) is 1.45. The smallest absolute Gasteiger partial charge is 0.224 e. The third kappa shape index (κ3) is 4.69. The quantitative estimate of drug-likeness (QED) is 0.864. The van der Waals surface area contributed by atoms with Gasteiger partial charge in [0.25, 0.3) is 0 Å². The molecule has 0 radical (unpaired) electrons. The number of hydrogen-bond donors (Lipinski definition) is 2. The zero-order chi connectivity index (χ0) is 15.5.